The summed E-state index contributed by atoms with van der Waals surface area (Å²) in [4.78, 5) is 31.6. The van der Waals surface area contributed by atoms with Crippen molar-refractivity contribution in [1.29, 1.82) is 0 Å². The van der Waals surface area contributed by atoms with Crippen LogP contribution in [0.2, 0.25) is 0 Å². The van der Waals surface area contributed by atoms with Crippen LogP contribution in [0.3, 0.4) is 0 Å². The summed E-state index contributed by atoms with van der Waals surface area (Å²) in [5.41, 5.74) is 42.3. The van der Waals surface area contributed by atoms with Crippen molar-refractivity contribution < 1.29 is 0 Å². The number of fused-ring (bicyclic) bond motifs is 27. The summed E-state index contributed by atoms with van der Waals surface area (Å²) in [7, 11) is 0. The van der Waals surface area contributed by atoms with Crippen LogP contribution in [0.25, 0.3) is 243 Å². The lowest BCUT2D eigenvalue weighted by atomic mass is 9.81. The summed E-state index contributed by atoms with van der Waals surface area (Å²) in [6, 6.07) is 162. The van der Waals surface area contributed by atoms with E-state index in [4.69, 9.17) is 29.9 Å². The quantitative estimate of drug-likeness (QED) is 0.135. The van der Waals surface area contributed by atoms with Crippen molar-refractivity contribution in [2.45, 2.75) is 77.0 Å². The van der Waals surface area contributed by atoms with Gasteiger partial charge in [-0.1, -0.05) is 389 Å². The van der Waals surface area contributed by atoms with Crippen LogP contribution >= 0.6 is 11.3 Å². The normalized spacial score (nSPS) is 13.9. The Kier molecular flexibility index (Phi) is 19.5. The van der Waals surface area contributed by atoms with Crippen molar-refractivity contribution in [3.63, 3.8) is 0 Å². The second-order valence-corrected chi connectivity index (χ2v) is 43.4. The smallest absolute Gasteiger partial charge is 0.160 e. The van der Waals surface area contributed by atoms with E-state index in [0.29, 0.717) is 0 Å². The second kappa shape index (κ2) is 33.2. The Balaban J connectivity index is 0.000000105. The van der Waals surface area contributed by atoms with Crippen LogP contribution < -0.4 is 0 Å². The number of para-hydroxylation sites is 5. The molecule has 27 aromatic rings. The standard InChI is InChI=1S/C49H34N4.C46H35N3.C43H29N3S/c1-49(2)40-22-12-9-21-37(40)47-45(49)46(50-48(51-47)32-15-5-3-6-16-32)31-25-27-34(28-26-31)53-42-24-14-11-20-36(42)39-29-38-35-19-10-13-23-41(35)52(43(38)30-44(39)53)33-17-7-4-8-18-33;1-45(2)36-19-11-8-16-31(36)34-26-35-32-17-10-13-21-39(32)49(40(35)27-38(34)45)30-24-22-28(23-25-30)42-41-43(33-18-9-12-20-37(33)46(41,3)4)48-44(47-42)29-14-6-5-7-15-29;1-43(2)34-17-9-6-16-31(34)41-39(43)40(44-42(45-41)27-12-4-3-5-13-27)26-20-22-28(23-21-26)46-35-18-10-7-14-29(35)32-24-33-30-15-8-11-19-37(30)47-38(33)25-36(32)46/h3-30H,1-2H3;5-27H,1-4H3;3-25H,1-2H3. The minimum Gasteiger partial charge on any atom is -0.309 e. The Morgan fingerprint density at radius 3 is 0.819 bits per heavy atom. The molecule has 4 aliphatic carbocycles. The highest BCUT2D eigenvalue weighted by atomic mass is 32.1. The number of hydrogen-bond acceptors (Lipinski definition) is 7. The number of hydrogen-bond donors (Lipinski definition) is 0. The summed E-state index contributed by atoms with van der Waals surface area (Å²) in [5, 5.41) is 12.8. The Labute approximate surface area is 866 Å². The third-order valence-electron chi connectivity index (χ3n) is 32.5. The number of nitrogens with zero attached hydrogens (tertiary/aromatic N) is 10. The van der Waals surface area contributed by atoms with E-state index < -0.39 is 0 Å². The van der Waals surface area contributed by atoms with Gasteiger partial charge < -0.3 is 18.3 Å². The fraction of sp³-hybridized carbons (Fsp3) is 0.0870. The molecule has 149 heavy (non-hydrogen) atoms. The first-order valence-corrected chi connectivity index (χ1v) is 52.4. The van der Waals surface area contributed by atoms with Crippen molar-refractivity contribution >= 4 is 119 Å². The monoisotopic (exact) mass is 1930 g/mol. The number of benzene rings is 19. The van der Waals surface area contributed by atoms with E-state index in [2.05, 4.69) is 504 Å². The van der Waals surface area contributed by atoms with Crippen LogP contribution in [-0.4, -0.2) is 48.2 Å². The summed E-state index contributed by atoms with van der Waals surface area (Å²) < 4.78 is 12.3. The zero-order valence-electron chi connectivity index (χ0n) is 83.6. The summed E-state index contributed by atoms with van der Waals surface area (Å²) in [5.74, 6) is 2.26. The van der Waals surface area contributed by atoms with Gasteiger partial charge in [0.25, 0.3) is 0 Å². The molecule has 0 radical (unpaired) electrons. The number of aromatic nitrogens is 10. The lowest BCUT2D eigenvalue weighted by Gasteiger charge is -2.24. The maximum absolute atomic E-state index is 5.33. The van der Waals surface area contributed by atoms with Gasteiger partial charge in [0.15, 0.2) is 17.5 Å². The molecule has 0 atom stereocenters. The Bertz CT molecular complexity index is 10200. The van der Waals surface area contributed by atoms with Gasteiger partial charge in [-0.05, 0) is 154 Å². The molecule has 706 valence electrons. The third-order valence-corrected chi connectivity index (χ3v) is 33.6. The fourth-order valence-corrected chi connectivity index (χ4v) is 26.5. The van der Waals surface area contributed by atoms with E-state index in [1.165, 1.54) is 180 Å². The Hall–Kier alpha value is -18.2. The van der Waals surface area contributed by atoms with Gasteiger partial charge in [0, 0.05) is 174 Å². The molecule has 31 rings (SSSR count). The SMILES string of the molecule is CC1(C)c2ccccc2-c2cc3c4ccccc4n(-c4ccc(-c5nc(-c6ccccc6)nc6c5C(C)(C)c5ccccc5-6)cc4)c3cc21.CC1(C)c2ccccc2-c2nc(-c3ccccc3)nc(-c3ccc(-n4c5ccccc5c5cc6c(cc54)sc4ccccc46)cc3)c21.CC1(C)c2ccccc2-c2nc(-c3ccccc3)nc(-c3ccc(-n4c5ccccc5c5cc6c7ccccc7n(-c7ccccc7)c6cc54)cc3)c21. The third kappa shape index (κ3) is 13.3. The lowest BCUT2D eigenvalue weighted by Crippen LogP contribution is -2.17. The summed E-state index contributed by atoms with van der Waals surface area (Å²) in [6.45, 7) is 18.5. The first-order valence-electron chi connectivity index (χ1n) is 51.5. The van der Waals surface area contributed by atoms with Gasteiger partial charge in [0.05, 0.1) is 78.3 Å². The lowest BCUT2D eigenvalue weighted by molar-refractivity contribution is 0.657. The summed E-state index contributed by atoms with van der Waals surface area (Å²) >= 11 is 1.87. The van der Waals surface area contributed by atoms with Gasteiger partial charge in [-0.15, -0.1) is 11.3 Å². The van der Waals surface area contributed by atoms with E-state index in [1.807, 2.05) is 29.5 Å². The molecular formula is C138H98N10S. The zero-order valence-corrected chi connectivity index (χ0v) is 84.4. The van der Waals surface area contributed by atoms with Crippen molar-refractivity contribution in [3.05, 3.63) is 493 Å². The highest BCUT2D eigenvalue weighted by Crippen LogP contribution is 2.58. The zero-order chi connectivity index (χ0) is 99.6. The van der Waals surface area contributed by atoms with Gasteiger partial charge in [0.1, 0.15) is 0 Å². The molecule has 0 unspecified atom stereocenters. The van der Waals surface area contributed by atoms with Crippen LogP contribution in [0.15, 0.2) is 449 Å². The molecule has 8 aromatic heterocycles. The molecule has 0 aliphatic heterocycles. The molecule has 0 saturated heterocycles. The van der Waals surface area contributed by atoms with Crippen LogP contribution in [0.4, 0.5) is 0 Å². The topological polar surface area (TPSA) is 97.1 Å². The molecule has 19 aromatic carbocycles. The first kappa shape index (κ1) is 87.4. The van der Waals surface area contributed by atoms with E-state index in [1.54, 1.807) is 0 Å². The Morgan fingerprint density at radius 2 is 0.443 bits per heavy atom. The second-order valence-electron chi connectivity index (χ2n) is 42.3. The highest BCUT2D eigenvalue weighted by molar-refractivity contribution is 7.25. The molecule has 0 amide bonds. The Morgan fingerprint density at radius 1 is 0.168 bits per heavy atom. The number of thiophene rings is 1. The molecule has 0 N–H and O–H groups in total. The molecule has 10 nitrogen and oxygen atoms in total. The predicted molar refractivity (Wildman–Crippen MR) is 619 cm³/mol. The van der Waals surface area contributed by atoms with Crippen LogP contribution in [0, 0.1) is 0 Å². The predicted octanol–water partition coefficient (Wildman–Crippen LogP) is 35.4. The van der Waals surface area contributed by atoms with Gasteiger partial charge in [-0.25, -0.2) is 29.9 Å². The molecule has 4 aliphatic rings. The van der Waals surface area contributed by atoms with Crippen LogP contribution in [0.5, 0.6) is 0 Å². The van der Waals surface area contributed by atoms with Gasteiger partial charge >= 0.3 is 0 Å². The minimum absolute atomic E-state index is 0.0699. The molecule has 11 heteroatoms. The summed E-state index contributed by atoms with van der Waals surface area (Å²) in [6.07, 6.45) is 0. The fourth-order valence-electron chi connectivity index (χ4n) is 25.4. The molecule has 0 saturated carbocycles. The minimum atomic E-state index is -0.245. The molecule has 8 heterocycles. The first-order chi connectivity index (χ1) is 72.9. The van der Waals surface area contributed by atoms with Crippen molar-refractivity contribution in [1.82, 2.24) is 48.2 Å². The van der Waals surface area contributed by atoms with Gasteiger partial charge in [0.2, 0.25) is 0 Å². The van der Waals surface area contributed by atoms with E-state index in [9.17, 15) is 0 Å². The highest BCUT2D eigenvalue weighted by Gasteiger charge is 2.45. The van der Waals surface area contributed by atoms with Crippen molar-refractivity contribution in [2.24, 2.45) is 0 Å². The van der Waals surface area contributed by atoms with Crippen LogP contribution in [0.1, 0.15) is 99.9 Å². The van der Waals surface area contributed by atoms with E-state index in [-0.39, 0.29) is 21.7 Å². The van der Waals surface area contributed by atoms with E-state index >= 15 is 0 Å². The molecule has 0 spiro atoms. The maximum Gasteiger partial charge on any atom is 0.160 e. The molecule has 0 bridgehead atoms. The average molecular weight is 1930 g/mol. The van der Waals surface area contributed by atoms with Gasteiger partial charge in [-0.3, -0.25) is 0 Å². The number of rotatable bonds is 10. The van der Waals surface area contributed by atoms with Crippen molar-refractivity contribution in [2.75, 3.05) is 0 Å². The maximum atomic E-state index is 5.33. The molecule has 0 fully saturated rings. The largest absolute Gasteiger partial charge is 0.309 e. The van der Waals surface area contributed by atoms with Crippen molar-refractivity contribution in [3.8, 4) is 136 Å². The molecular weight excluding hydrogens is 1830 g/mol. The van der Waals surface area contributed by atoms with E-state index in [0.717, 1.165) is 108 Å². The van der Waals surface area contributed by atoms with Gasteiger partial charge in [-0.2, -0.15) is 0 Å². The van der Waals surface area contributed by atoms with Crippen LogP contribution in [-0.2, 0) is 21.7 Å². The average Bonchev–Trinajstić information content (AvgIpc) is 1.54.